The first-order valence-corrected chi connectivity index (χ1v) is 11.2. The number of halogens is 1. The summed E-state index contributed by atoms with van der Waals surface area (Å²) in [6.45, 7) is 5.01. The number of carbonyl (C=O) groups is 1. The van der Waals surface area contributed by atoms with Gasteiger partial charge in [-0.2, -0.15) is 0 Å². The number of thiazole rings is 1. The minimum absolute atomic E-state index is 0.0353. The van der Waals surface area contributed by atoms with E-state index in [4.69, 9.17) is 21.1 Å². The lowest BCUT2D eigenvalue weighted by molar-refractivity contribution is -0.138. The van der Waals surface area contributed by atoms with E-state index in [2.05, 4.69) is 9.88 Å². The molecule has 0 bridgehead atoms. The van der Waals surface area contributed by atoms with Gasteiger partial charge in [0.2, 0.25) is 5.91 Å². The van der Waals surface area contributed by atoms with E-state index in [1.54, 1.807) is 11.3 Å². The number of aromatic nitrogens is 1. The fourth-order valence-corrected chi connectivity index (χ4v) is 4.37. The van der Waals surface area contributed by atoms with Gasteiger partial charge in [-0.05, 0) is 36.4 Å². The summed E-state index contributed by atoms with van der Waals surface area (Å²) in [7, 11) is 0. The Labute approximate surface area is 185 Å². The van der Waals surface area contributed by atoms with E-state index in [9.17, 15) is 4.79 Å². The first kappa shape index (κ1) is 21.1. The summed E-state index contributed by atoms with van der Waals surface area (Å²) in [6, 6.07) is 15.4. The molecule has 1 fully saturated rings. The molecular formula is C22H24ClN3O3S. The third-order valence-electron chi connectivity index (χ3n) is 5.00. The van der Waals surface area contributed by atoms with Crippen molar-refractivity contribution in [3.8, 4) is 5.75 Å². The number of nitrogens with zero attached hydrogens (tertiary/aromatic N) is 3. The maximum atomic E-state index is 12.4. The van der Waals surface area contributed by atoms with Crippen molar-refractivity contribution in [1.29, 1.82) is 0 Å². The summed E-state index contributed by atoms with van der Waals surface area (Å²) in [5, 5.41) is 1.60. The van der Waals surface area contributed by atoms with E-state index in [0.717, 1.165) is 40.6 Å². The van der Waals surface area contributed by atoms with E-state index in [1.165, 1.54) is 0 Å². The quantitative estimate of drug-likeness (QED) is 0.529. The Hall–Kier alpha value is -2.19. The molecular weight excluding hydrogens is 422 g/mol. The monoisotopic (exact) mass is 445 g/mol. The van der Waals surface area contributed by atoms with Crippen LogP contribution in [0.15, 0.2) is 48.5 Å². The van der Waals surface area contributed by atoms with Gasteiger partial charge in [0.25, 0.3) is 0 Å². The van der Waals surface area contributed by atoms with Crippen molar-refractivity contribution in [2.45, 2.75) is 6.61 Å². The number of rotatable bonds is 8. The average molecular weight is 446 g/mol. The number of hydrogen-bond donors (Lipinski definition) is 0. The fraction of sp³-hybridized carbons (Fsp3) is 0.364. The molecule has 0 unspecified atom stereocenters. The van der Waals surface area contributed by atoms with Gasteiger partial charge < -0.3 is 14.4 Å². The number of ether oxygens (including phenoxy) is 2. The molecule has 30 heavy (non-hydrogen) atoms. The number of para-hydroxylation sites is 1. The Morgan fingerprint density at radius 1 is 1.07 bits per heavy atom. The summed E-state index contributed by atoms with van der Waals surface area (Å²) in [5.74, 6) is 0.853. The molecule has 0 aliphatic carbocycles. The molecule has 0 atom stereocenters. The van der Waals surface area contributed by atoms with Gasteiger partial charge in [0.05, 0.1) is 16.8 Å². The van der Waals surface area contributed by atoms with Crippen LogP contribution < -0.4 is 4.74 Å². The van der Waals surface area contributed by atoms with Crippen LogP contribution in [-0.4, -0.2) is 66.6 Å². The van der Waals surface area contributed by atoms with Gasteiger partial charge in [-0.1, -0.05) is 23.7 Å². The van der Waals surface area contributed by atoms with Gasteiger partial charge >= 0.3 is 0 Å². The number of amides is 1. The summed E-state index contributed by atoms with van der Waals surface area (Å²) in [5.41, 5.74) is 0.976. The van der Waals surface area contributed by atoms with Gasteiger partial charge in [-0.15, -0.1) is 11.3 Å². The van der Waals surface area contributed by atoms with Crippen LogP contribution in [0.25, 0.3) is 10.2 Å². The number of fused-ring (bicyclic) bond motifs is 1. The SMILES string of the molecule is O=C(COCc1nc2ccccc2s1)N1CCN(CCOc2ccc(Cl)cc2)CC1. The molecule has 0 N–H and O–H groups in total. The normalized spacial score (nSPS) is 14.9. The van der Waals surface area contributed by atoms with Crippen molar-refractivity contribution in [1.82, 2.24) is 14.8 Å². The third kappa shape index (κ3) is 5.70. The Balaban J connectivity index is 1.13. The van der Waals surface area contributed by atoms with Crippen molar-refractivity contribution in [3.63, 3.8) is 0 Å². The highest BCUT2D eigenvalue weighted by Gasteiger charge is 2.21. The van der Waals surface area contributed by atoms with Gasteiger partial charge in [-0.25, -0.2) is 4.98 Å². The van der Waals surface area contributed by atoms with E-state index in [1.807, 2.05) is 53.4 Å². The Morgan fingerprint density at radius 3 is 2.60 bits per heavy atom. The molecule has 1 aliphatic heterocycles. The van der Waals surface area contributed by atoms with Crippen molar-refractivity contribution in [2.75, 3.05) is 45.9 Å². The zero-order valence-electron chi connectivity index (χ0n) is 16.6. The van der Waals surface area contributed by atoms with Crippen LogP contribution >= 0.6 is 22.9 Å². The lowest BCUT2D eigenvalue weighted by atomic mass is 10.3. The first-order chi connectivity index (χ1) is 14.7. The zero-order valence-corrected chi connectivity index (χ0v) is 18.2. The first-order valence-electron chi connectivity index (χ1n) is 9.98. The highest BCUT2D eigenvalue weighted by atomic mass is 35.5. The molecule has 1 saturated heterocycles. The van der Waals surface area contributed by atoms with Gasteiger partial charge in [0.1, 0.15) is 24.0 Å². The van der Waals surface area contributed by atoms with Crippen molar-refractivity contribution >= 4 is 39.1 Å². The predicted molar refractivity (Wildman–Crippen MR) is 119 cm³/mol. The lowest BCUT2D eigenvalue weighted by Gasteiger charge is -2.34. The van der Waals surface area contributed by atoms with E-state index in [-0.39, 0.29) is 12.5 Å². The Bertz CT molecular complexity index is 938. The van der Waals surface area contributed by atoms with Gasteiger partial charge in [-0.3, -0.25) is 9.69 Å². The Morgan fingerprint density at radius 2 is 1.83 bits per heavy atom. The van der Waals surface area contributed by atoms with Crippen LogP contribution in [0.2, 0.25) is 5.02 Å². The molecule has 1 amide bonds. The summed E-state index contributed by atoms with van der Waals surface area (Å²) >= 11 is 7.48. The van der Waals surface area contributed by atoms with Crippen LogP contribution in [-0.2, 0) is 16.1 Å². The predicted octanol–water partition coefficient (Wildman–Crippen LogP) is 3.69. The van der Waals surface area contributed by atoms with E-state index in [0.29, 0.717) is 31.3 Å². The average Bonchev–Trinajstić information content (AvgIpc) is 3.18. The van der Waals surface area contributed by atoms with Crippen LogP contribution in [0, 0.1) is 0 Å². The molecule has 2 heterocycles. The largest absolute Gasteiger partial charge is 0.492 e. The van der Waals surface area contributed by atoms with E-state index < -0.39 is 0 Å². The highest BCUT2D eigenvalue weighted by Crippen LogP contribution is 2.22. The maximum Gasteiger partial charge on any atom is 0.248 e. The molecule has 0 spiro atoms. The highest BCUT2D eigenvalue weighted by molar-refractivity contribution is 7.18. The fourth-order valence-electron chi connectivity index (χ4n) is 3.34. The smallest absolute Gasteiger partial charge is 0.248 e. The molecule has 1 aliphatic rings. The zero-order chi connectivity index (χ0) is 20.8. The van der Waals surface area contributed by atoms with Crippen molar-refractivity contribution in [3.05, 3.63) is 58.6 Å². The molecule has 0 saturated carbocycles. The molecule has 0 radical (unpaired) electrons. The number of piperazine rings is 1. The molecule has 4 rings (SSSR count). The topological polar surface area (TPSA) is 54.9 Å². The second kappa shape index (κ2) is 10.2. The minimum Gasteiger partial charge on any atom is -0.492 e. The maximum absolute atomic E-state index is 12.4. The van der Waals surface area contributed by atoms with E-state index >= 15 is 0 Å². The van der Waals surface area contributed by atoms with Crippen molar-refractivity contribution < 1.29 is 14.3 Å². The molecule has 1 aromatic heterocycles. The molecule has 158 valence electrons. The van der Waals surface area contributed by atoms with Gasteiger partial charge in [0, 0.05) is 37.7 Å². The van der Waals surface area contributed by atoms with Crippen LogP contribution in [0.4, 0.5) is 0 Å². The van der Waals surface area contributed by atoms with Crippen molar-refractivity contribution in [2.24, 2.45) is 0 Å². The summed E-state index contributed by atoms with van der Waals surface area (Å²) < 4.78 is 12.5. The second-order valence-corrected chi connectivity index (χ2v) is 8.64. The number of hydrogen-bond acceptors (Lipinski definition) is 6. The molecule has 8 heteroatoms. The molecule has 3 aromatic rings. The van der Waals surface area contributed by atoms with Crippen LogP contribution in [0.1, 0.15) is 5.01 Å². The van der Waals surface area contributed by atoms with Crippen LogP contribution in [0.5, 0.6) is 5.75 Å². The van der Waals surface area contributed by atoms with Crippen LogP contribution in [0.3, 0.4) is 0 Å². The Kier molecular flexibility index (Phi) is 7.17. The molecule has 6 nitrogen and oxygen atoms in total. The second-order valence-electron chi connectivity index (χ2n) is 7.09. The third-order valence-corrected chi connectivity index (χ3v) is 6.27. The number of carbonyl (C=O) groups excluding carboxylic acids is 1. The van der Waals surface area contributed by atoms with Gasteiger partial charge in [0.15, 0.2) is 0 Å². The minimum atomic E-state index is 0.0353. The molecule has 2 aromatic carbocycles. The number of benzene rings is 2. The summed E-state index contributed by atoms with van der Waals surface area (Å²) in [4.78, 5) is 21.1. The summed E-state index contributed by atoms with van der Waals surface area (Å²) in [6.07, 6.45) is 0. The lowest BCUT2D eigenvalue weighted by Crippen LogP contribution is -2.50. The standard InChI is InChI=1S/C22H24ClN3O3S/c23-17-5-7-18(8-6-17)29-14-13-25-9-11-26(12-10-25)22(27)16-28-15-21-24-19-3-1-2-4-20(19)30-21/h1-8H,9-16H2.